The van der Waals surface area contributed by atoms with Gasteiger partial charge in [0.25, 0.3) is 0 Å². The van der Waals surface area contributed by atoms with Crippen LogP contribution in [0.1, 0.15) is 5.56 Å². The number of hydrogen-bond acceptors (Lipinski definition) is 4. The smallest absolute Gasteiger partial charge is 0.169 e. The van der Waals surface area contributed by atoms with E-state index in [1.807, 2.05) is 24.3 Å². The molecule has 8 heteroatoms. The second kappa shape index (κ2) is 8.75. The largest absolute Gasteiger partial charge is 0.497 e. The van der Waals surface area contributed by atoms with Crippen molar-refractivity contribution in [3.63, 3.8) is 0 Å². The molecular formula is C18H20Cl2N4OS. The standard InChI is InChI=1S/C18H20Cl2N4OS/c1-25-14-4-2-13(3-5-14)10-22-18(26)24-8-6-23(7-9-24)17-15(19)11-21-12-16(17)20/h2-5,11-12H,6-10H2,1H3,(H,22,26). The molecule has 1 aliphatic heterocycles. The maximum absolute atomic E-state index is 6.25. The lowest BCUT2D eigenvalue weighted by Crippen LogP contribution is -2.51. The highest BCUT2D eigenvalue weighted by molar-refractivity contribution is 7.80. The minimum Gasteiger partial charge on any atom is -0.497 e. The summed E-state index contributed by atoms with van der Waals surface area (Å²) in [5.41, 5.74) is 2.00. The number of benzene rings is 1. The Labute approximate surface area is 168 Å². The summed E-state index contributed by atoms with van der Waals surface area (Å²) in [7, 11) is 1.66. The zero-order valence-electron chi connectivity index (χ0n) is 14.4. The first-order chi connectivity index (χ1) is 12.6. The van der Waals surface area contributed by atoms with Crippen LogP contribution in [-0.4, -0.2) is 48.3 Å². The van der Waals surface area contributed by atoms with Crippen LogP contribution in [0.2, 0.25) is 10.0 Å². The van der Waals surface area contributed by atoms with Gasteiger partial charge < -0.3 is 19.9 Å². The summed E-state index contributed by atoms with van der Waals surface area (Å²) < 4.78 is 5.17. The Bertz CT molecular complexity index is 744. The number of ether oxygens (including phenoxy) is 1. The van der Waals surface area contributed by atoms with Crippen molar-refractivity contribution >= 4 is 46.2 Å². The molecule has 2 heterocycles. The third-order valence-electron chi connectivity index (χ3n) is 4.31. The molecule has 1 saturated heterocycles. The first kappa shape index (κ1) is 19.0. The third kappa shape index (κ3) is 4.50. The zero-order chi connectivity index (χ0) is 18.5. The number of rotatable bonds is 4. The Morgan fingerprint density at radius 2 is 1.73 bits per heavy atom. The number of nitrogens with zero attached hydrogens (tertiary/aromatic N) is 3. The predicted octanol–water partition coefficient (Wildman–Crippen LogP) is 3.59. The van der Waals surface area contributed by atoms with Crippen molar-refractivity contribution < 1.29 is 4.74 Å². The molecule has 0 saturated carbocycles. The molecule has 0 radical (unpaired) electrons. The summed E-state index contributed by atoms with van der Waals surface area (Å²) in [5, 5.41) is 5.23. The van der Waals surface area contributed by atoms with Crippen molar-refractivity contribution in [2.75, 3.05) is 38.2 Å². The van der Waals surface area contributed by atoms with Gasteiger partial charge in [0.1, 0.15) is 5.75 Å². The Kier molecular flexibility index (Phi) is 6.40. The molecule has 1 fully saturated rings. The molecule has 0 bridgehead atoms. The van der Waals surface area contributed by atoms with Crippen LogP contribution in [0.15, 0.2) is 36.7 Å². The summed E-state index contributed by atoms with van der Waals surface area (Å²) in [6.07, 6.45) is 3.24. The molecule has 138 valence electrons. The average molecular weight is 411 g/mol. The van der Waals surface area contributed by atoms with E-state index in [0.29, 0.717) is 16.6 Å². The molecule has 0 amide bonds. The molecule has 0 atom stereocenters. The number of halogens is 2. The fourth-order valence-electron chi connectivity index (χ4n) is 2.87. The van der Waals surface area contributed by atoms with E-state index < -0.39 is 0 Å². The Hall–Kier alpha value is -1.76. The number of piperazine rings is 1. The Balaban J connectivity index is 1.51. The highest BCUT2D eigenvalue weighted by Gasteiger charge is 2.22. The number of hydrogen-bond donors (Lipinski definition) is 1. The van der Waals surface area contributed by atoms with Crippen molar-refractivity contribution in [2.24, 2.45) is 0 Å². The molecule has 0 aliphatic carbocycles. The lowest BCUT2D eigenvalue weighted by Gasteiger charge is -2.38. The minimum atomic E-state index is 0.575. The van der Waals surface area contributed by atoms with Crippen LogP contribution in [-0.2, 0) is 6.54 Å². The quantitative estimate of drug-likeness (QED) is 0.776. The van der Waals surface area contributed by atoms with Crippen LogP contribution in [0.5, 0.6) is 5.75 Å². The zero-order valence-corrected chi connectivity index (χ0v) is 16.7. The first-order valence-electron chi connectivity index (χ1n) is 8.28. The fourth-order valence-corrected chi connectivity index (χ4v) is 3.73. The number of anilines is 1. The van der Waals surface area contributed by atoms with E-state index >= 15 is 0 Å². The summed E-state index contributed by atoms with van der Waals surface area (Å²) in [5.74, 6) is 0.848. The van der Waals surface area contributed by atoms with Gasteiger partial charge in [-0.15, -0.1) is 0 Å². The molecule has 0 spiro atoms. The van der Waals surface area contributed by atoms with Crippen LogP contribution < -0.4 is 15.0 Å². The molecule has 2 aromatic rings. The summed E-state index contributed by atoms with van der Waals surface area (Å²) in [6.45, 7) is 3.90. The summed E-state index contributed by atoms with van der Waals surface area (Å²) >= 11 is 18.0. The predicted molar refractivity (Wildman–Crippen MR) is 110 cm³/mol. The van der Waals surface area contributed by atoms with E-state index in [9.17, 15) is 0 Å². The highest BCUT2D eigenvalue weighted by atomic mass is 35.5. The molecular weight excluding hydrogens is 391 g/mol. The molecule has 1 aromatic heterocycles. The minimum absolute atomic E-state index is 0.575. The van der Waals surface area contributed by atoms with Gasteiger partial charge in [0.05, 0.1) is 22.8 Å². The second-order valence-electron chi connectivity index (χ2n) is 5.93. The van der Waals surface area contributed by atoms with E-state index in [1.54, 1.807) is 19.5 Å². The summed E-state index contributed by atoms with van der Waals surface area (Å²) in [6, 6.07) is 7.95. The van der Waals surface area contributed by atoms with Crippen LogP contribution in [0, 0.1) is 0 Å². The number of thiocarbonyl (C=S) groups is 1. The van der Waals surface area contributed by atoms with Gasteiger partial charge in [0, 0.05) is 45.1 Å². The molecule has 1 N–H and O–H groups in total. The van der Waals surface area contributed by atoms with Crippen molar-refractivity contribution in [3.8, 4) is 5.75 Å². The summed E-state index contributed by atoms with van der Waals surface area (Å²) in [4.78, 5) is 8.35. The fraction of sp³-hybridized carbons (Fsp3) is 0.333. The Morgan fingerprint density at radius 1 is 1.12 bits per heavy atom. The van der Waals surface area contributed by atoms with E-state index in [4.69, 9.17) is 40.2 Å². The van der Waals surface area contributed by atoms with Crippen molar-refractivity contribution in [1.82, 2.24) is 15.2 Å². The first-order valence-corrected chi connectivity index (χ1v) is 9.44. The normalized spacial score (nSPS) is 14.3. The monoisotopic (exact) mass is 410 g/mol. The van der Waals surface area contributed by atoms with Gasteiger partial charge in [-0.05, 0) is 29.9 Å². The SMILES string of the molecule is COc1ccc(CNC(=S)N2CCN(c3c(Cl)cncc3Cl)CC2)cc1. The lowest BCUT2D eigenvalue weighted by atomic mass is 10.2. The molecule has 0 unspecified atom stereocenters. The highest BCUT2D eigenvalue weighted by Crippen LogP contribution is 2.33. The maximum Gasteiger partial charge on any atom is 0.169 e. The van der Waals surface area contributed by atoms with Gasteiger partial charge in [0.15, 0.2) is 5.11 Å². The van der Waals surface area contributed by atoms with Crippen molar-refractivity contribution in [3.05, 3.63) is 52.3 Å². The van der Waals surface area contributed by atoms with Gasteiger partial charge in [0.2, 0.25) is 0 Å². The van der Waals surface area contributed by atoms with Gasteiger partial charge in [-0.2, -0.15) is 0 Å². The van der Waals surface area contributed by atoms with E-state index in [-0.39, 0.29) is 0 Å². The number of aromatic nitrogens is 1. The average Bonchev–Trinajstić information content (AvgIpc) is 2.67. The van der Waals surface area contributed by atoms with E-state index in [0.717, 1.165) is 48.3 Å². The lowest BCUT2D eigenvalue weighted by molar-refractivity contribution is 0.380. The number of nitrogens with one attached hydrogen (secondary N) is 1. The van der Waals surface area contributed by atoms with Gasteiger partial charge in [-0.3, -0.25) is 4.98 Å². The molecule has 1 aliphatic rings. The Morgan fingerprint density at radius 3 is 2.31 bits per heavy atom. The van der Waals surface area contributed by atoms with Crippen molar-refractivity contribution in [1.29, 1.82) is 0 Å². The van der Waals surface area contributed by atoms with Crippen LogP contribution in [0.3, 0.4) is 0 Å². The second-order valence-corrected chi connectivity index (χ2v) is 7.13. The van der Waals surface area contributed by atoms with E-state index in [2.05, 4.69) is 20.1 Å². The van der Waals surface area contributed by atoms with Gasteiger partial charge >= 0.3 is 0 Å². The van der Waals surface area contributed by atoms with E-state index in [1.165, 1.54) is 0 Å². The topological polar surface area (TPSA) is 40.6 Å². The van der Waals surface area contributed by atoms with Crippen LogP contribution in [0.25, 0.3) is 0 Å². The molecule has 5 nitrogen and oxygen atoms in total. The van der Waals surface area contributed by atoms with Crippen LogP contribution >= 0.6 is 35.4 Å². The maximum atomic E-state index is 6.25. The molecule has 3 rings (SSSR count). The number of methoxy groups -OCH3 is 1. The third-order valence-corrected chi connectivity index (χ3v) is 5.27. The van der Waals surface area contributed by atoms with Crippen LogP contribution in [0.4, 0.5) is 5.69 Å². The van der Waals surface area contributed by atoms with Crippen molar-refractivity contribution in [2.45, 2.75) is 6.54 Å². The molecule has 26 heavy (non-hydrogen) atoms. The van der Waals surface area contributed by atoms with Gasteiger partial charge in [-0.1, -0.05) is 35.3 Å². The van der Waals surface area contributed by atoms with Gasteiger partial charge in [-0.25, -0.2) is 0 Å². The number of pyridine rings is 1. The molecule has 1 aromatic carbocycles.